The molecule has 0 bridgehead atoms. The second kappa shape index (κ2) is 7.83. The Kier molecular flexibility index (Phi) is 5.10. The second-order valence-electron chi connectivity index (χ2n) is 7.83. The van der Waals surface area contributed by atoms with Crippen LogP contribution in [0.5, 0.6) is 0 Å². The minimum atomic E-state index is -4.64. The predicted molar refractivity (Wildman–Crippen MR) is 115 cm³/mol. The van der Waals surface area contributed by atoms with E-state index >= 15 is 0 Å². The lowest BCUT2D eigenvalue weighted by Crippen LogP contribution is -2.35. The number of rotatable bonds is 5. The van der Waals surface area contributed by atoms with E-state index in [4.69, 9.17) is 14.5 Å². The van der Waals surface area contributed by atoms with Crippen molar-refractivity contribution in [1.82, 2.24) is 15.0 Å². The van der Waals surface area contributed by atoms with Crippen molar-refractivity contribution in [3.63, 3.8) is 0 Å². The van der Waals surface area contributed by atoms with E-state index in [0.29, 0.717) is 6.42 Å². The summed E-state index contributed by atoms with van der Waals surface area (Å²) in [5.41, 5.74) is 5.67. The lowest BCUT2D eigenvalue weighted by Gasteiger charge is -2.16. The minimum absolute atomic E-state index is 0.359. The number of phosphoric acid groups is 1. The maximum absolute atomic E-state index is 12.4. The number of cyclic esters (lactones) is 1. The Hall–Kier alpha value is -3.04. The summed E-state index contributed by atoms with van der Waals surface area (Å²) < 4.78 is 20.9. The number of aromatic nitrogens is 3. The monoisotopic (exact) mass is 456 g/mol. The summed E-state index contributed by atoms with van der Waals surface area (Å²) >= 11 is 0. The first kappa shape index (κ1) is 20.8. The first-order chi connectivity index (χ1) is 15.3. The first-order valence-corrected chi connectivity index (χ1v) is 11.6. The number of fused-ring (bicyclic) bond motifs is 3. The maximum atomic E-state index is 12.4. The van der Waals surface area contributed by atoms with Crippen molar-refractivity contribution in [1.29, 1.82) is 0 Å². The van der Waals surface area contributed by atoms with Crippen LogP contribution in [0.15, 0.2) is 48.7 Å². The van der Waals surface area contributed by atoms with Crippen molar-refractivity contribution in [3.05, 3.63) is 65.5 Å². The first-order valence-electron chi connectivity index (χ1n) is 10.1. The molecule has 5 rings (SSSR count). The molecule has 3 heterocycles. The van der Waals surface area contributed by atoms with Crippen molar-refractivity contribution >= 4 is 30.7 Å². The van der Waals surface area contributed by atoms with Gasteiger partial charge in [-0.15, -0.1) is 0 Å². The zero-order chi connectivity index (χ0) is 22.5. The quantitative estimate of drug-likeness (QED) is 0.658. The van der Waals surface area contributed by atoms with Gasteiger partial charge >= 0.3 is 13.9 Å². The molecule has 32 heavy (non-hydrogen) atoms. The number of hydrogen-bond donors (Lipinski definition) is 2. The molecule has 2 aliphatic heterocycles. The van der Waals surface area contributed by atoms with E-state index in [0.717, 1.165) is 40.1 Å². The van der Waals surface area contributed by atoms with Crippen molar-refractivity contribution in [2.75, 3.05) is 11.5 Å². The summed E-state index contributed by atoms with van der Waals surface area (Å²) in [5.74, 6) is 0. The van der Waals surface area contributed by atoms with Gasteiger partial charge in [0.05, 0.1) is 24.5 Å². The number of benzene rings is 1. The average Bonchev–Trinajstić information content (AvgIpc) is 3.35. The van der Waals surface area contributed by atoms with Crippen LogP contribution in [0.3, 0.4) is 0 Å². The third kappa shape index (κ3) is 3.93. The number of ether oxygens (including phenoxy) is 1. The van der Waals surface area contributed by atoms with Crippen LogP contribution in [0, 0.1) is 0 Å². The molecule has 1 aromatic heterocycles. The number of phosphoric ester groups is 1. The number of aryl methyl sites for hydroxylation is 1. The molecular formula is C21H21N4O6P. The van der Waals surface area contributed by atoms with E-state index in [-0.39, 0.29) is 12.6 Å². The van der Waals surface area contributed by atoms with Crippen molar-refractivity contribution < 1.29 is 28.4 Å². The molecule has 2 N–H and O–H groups in total. The van der Waals surface area contributed by atoms with E-state index in [1.807, 2.05) is 30.4 Å². The Morgan fingerprint density at radius 1 is 1.31 bits per heavy atom. The molecule has 11 heteroatoms. The van der Waals surface area contributed by atoms with Crippen molar-refractivity contribution in [2.45, 2.75) is 25.0 Å². The summed E-state index contributed by atoms with van der Waals surface area (Å²) in [7, 11) is -2.86. The number of allylic oxidation sites excluding steroid dienone is 6. The molecule has 0 saturated carbocycles. The Morgan fingerprint density at radius 2 is 2.16 bits per heavy atom. The van der Waals surface area contributed by atoms with Gasteiger partial charge in [0.1, 0.15) is 11.8 Å². The highest BCUT2D eigenvalue weighted by molar-refractivity contribution is 7.46. The van der Waals surface area contributed by atoms with E-state index in [2.05, 4.69) is 26.9 Å². The summed E-state index contributed by atoms with van der Waals surface area (Å²) in [6.45, 7) is -0.359. The lowest BCUT2D eigenvalue weighted by atomic mass is 9.99. The van der Waals surface area contributed by atoms with Crippen LogP contribution in [-0.4, -0.2) is 49.6 Å². The van der Waals surface area contributed by atoms with Crippen LogP contribution in [0.25, 0.3) is 11.1 Å². The Balaban J connectivity index is 1.39. The highest BCUT2D eigenvalue weighted by atomic mass is 31.2. The van der Waals surface area contributed by atoms with Crippen LogP contribution in [0.2, 0.25) is 0 Å². The van der Waals surface area contributed by atoms with Crippen LogP contribution in [0.1, 0.15) is 23.2 Å². The molecule has 2 unspecified atom stereocenters. The molecule has 2 atom stereocenters. The smallest absolute Gasteiger partial charge is 0.441 e. The zero-order valence-electron chi connectivity index (χ0n) is 17.2. The fourth-order valence-electron chi connectivity index (χ4n) is 4.27. The van der Waals surface area contributed by atoms with Gasteiger partial charge in [0, 0.05) is 7.05 Å². The Morgan fingerprint density at radius 3 is 2.91 bits per heavy atom. The molecular weight excluding hydrogens is 435 g/mol. The van der Waals surface area contributed by atoms with Gasteiger partial charge in [-0.05, 0) is 47.2 Å². The third-order valence-electron chi connectivity index (χ3n) is 5.75. The molecule has 1 aromatic carbocycles. The number of carbonyl (C=O) groups excluding carboxylic acids is 1. The summed E-state index contributed by atoms with van der Waals surface area (Å²) in [5, 5.41) is 8.49. The topological polar surface area (TPSA) is 127 Å². The van der Waals surface area contributed by atoms with Crippen molar-refractivity contribution in [3.8, 4) is 0 Å². The fraction of sp³-hybridized carbons (Fsp3) is 0.286. The number of carbonyl (C=O) groups is 1. The molecule has 0 radical (unpaired) electrons. The van der Waals surface area contributed by atoms with Gasteiger partial charge in [-0.3, -0.25) is 9.42 Å². The predicted octanol–water partition coefficient (Wildman–Crippen LogP) is 2.60. The van der Waals surface area contributed by atoms with E-state index < -0.39 is 20.0 Å². The van der Waals surface area contributed by atoms with Gasteiger partial charge < -0.3 is 14.5 Å². The number of amides is 1. The van der Waals surface area contributed by atoms with Gasteiger partial charge in [-0.2, -0.15) is 15.0 Å². The Labute approximate surface area is 183 Å². The van der Waals surface area contributed by atoms with Gasteiger partial charge in [0.15, 0.2) is 0 Å². The number of hydrogen-bond acceptors (Lipinski definition) is 6. The second-order valence-corrected chi connectivity index (χ2v) is 9.07. The molecule has 0 spiro atoms. The zero-order valence-corrected chi connectivity index (χ0v) is 18.1. The summed E-state index contributed by atoms with van der Waals surface area (Å²) in [6.07, 6.45) is 9.93. The minimum Gasteiger partial charge on any atom is -0.441 e. The van der Waals surface area contributed by atoms with E-state index in [1.54, 1.807) is 13.2 Å². The van der Waals surface area contributed by atoms with Crippen LogP contribution < -0.4 is 4.90 Å². The van der Waals surface area contributed by atoms with Gasteiger partial charge in [-0.25, -0.2) is 9.36 Å². The van der Waals surface area contributed by atoms with Gasteiger partial charge in [-0.1, -0.05) is 30.4 Å². The van der Waals surface area contributed by atoms with Crippen LogP contribution in [0.4, 0.5) is 10.5 Å². The summed E-state index contributed by atoms with van der Waals surface area (Å²) in [4.78, 5) is 33.4. The molecule has 3 aliphatic rings. The van der Waals surface area contributed by atoms with Crippen LogP contribution >= 0.6 is 7.82 Å². The normalized spacial score (nSPS) is 22.2. The van der Waals surface area contributed by atoms with Gasteiger partial charge in [0.2, 0.25) is 0 Å². The number of anilines is 1. The largest absolute Gasteiger partial charge is 0.469 e. The lowest BCUT2D eigenvalue weighted by molar-refractivity contribution is 0.0761. The van der Waals surface area contributed by atoms with Crippen LogP contribution in [-0.2, 0) is 27.3 Å². The maximum Gasteiger partial charge on any atom is 0.469 e. The highest BCUT2D eigenvalue weighted by Crippen LogP contribution is 2.42. The van der Waals surface area contributed by atoms with Gasteiger partial charge in [0.25, 0.3) is 0 Å². The van der Waals surface area contributed by atoms with E-state index in [9.17, 15) is 9.36 Å². The number of nitrogens with zero attached hydrogens (tertiary/aromatic N) is 4. The highest BCUT2D eigenvalue weighted by Gasteiger charge is 2.48. The molecule has 1 aliphatic carbocycles. The van der Waals surface area contributed by atoms with Crippen molar-refractivity contribution in [2.24, 2.45) is 7.05 Å². The standard InChI is InChI=1S/C21H21N4O6P/c1-24-22-11-17(23-24)14-4-2-3-13(5-6-14)15-7-8-18-16(9-15)10-19-20(12-30-32(27,28)29)31-21(26)25(18)19/h2-3,5-9,11,19-20H,4,10,12H2,1H3,(H2,27,28,29). The molecule has 1 amide bonds. The third-order valence-corrected chi connectivity index (χ3v) is 6.23. The van der Waals surface area contributed by atoms with E-state index in [1.165, 1.54) is 9.70 Å². The fourth-order valence-corrected chi connectivity index (χ4v) is 4.61. The molecule has 166 valence electrons. The SMILES string of the molecule is Cn1ncc(C2=CC=C(c3ccc4c(c3)CC3C(COP(=O)(O)O)OC(=O)N43)C=CC2)n1. The molecule has 1 saturated heterocycles. The average molecular weight is 456 g/mol. The molecule has 1 fully saturated rings. The molecule has 10 nitrogen and oxygen atoms in total. The molecule has 2 aromatic rings. The summed E-state index contributed by atoms with van der Waals surface area (Å²) in [6, 6.07) is 5.51. The Bertz CT molecular complexity index is 1230.